The highest BCUT2D eigenvalue weighted by Gasteiger charge is 2.36. The molecule has 1 saturated heterocycles. The summed E-state index contributed by atoms with van der Waals surface area (Å²) in [6, 6.07) is 7.18. The first-order valence-corrected chi connectivity index (χ1v) is 7.33. The van der Waals surface area contributed by atoms with Crippen LogP contribution in [-0.4, -0.2) is 43.3 Å². The van der Waals surface area contributed by atoms with Crippen molar-refractivity contribution in [2.45, 2.75) is 25.4 Å². The SMILES string of the molecule is C[C@@H](CF)N1CC(N2CCc3cc(Br)ccc32)C1. The molecule has 2 aliphatic rings. The Labute approximate surface area is 116 Å². The number of halogens is 2. The average Bonchev–Trinajstić information content (AvgIpc) is 2.70. The molecule has 0 aliphatic carbocycles. The Hall–Kier alpha value is -0.610. The highest BCUT2D eigenvalue weighted by Crippen LogP contribution is 2.34. The van der Waals surface area contributed by atoms with Crippen LogP contribution in [0.4, 0.5) is 10.1 Å². The second-order valence-corrected chi connectivity index (χ2v) is 6.24. The van der Waals surface area contributed by atoms with Crippen LogP contribution in [0.5, 0.6) is 0 Å². The molecule has 18 heavy (non-hydrogen) atoms. The van der Waals surface area contributed by atoms with Crippen molar-refractivity contribution in [1.29, 1.82) is 0 Å². The fourth-order valence-corrected chi connectivity index (χ4v) is 3.33. The second-order valence-electron chi connectivity index (χ2n) is 5.33. The van der Waals surface area contributed by atoms with Crippen molar-refractivity contribution in [1.82, 2.24) is 4.90 Å². The molecular weight excluding hydrogens is 295 g/mol. The van der Waals surface area contributed by atoms with Crippen LogP contribution in [-0.2, 0) is 6.42 Å². The lowest BCUT2D eigenvalue weighted by Crippen LogP contribution is -2.62. The zero-order chi connectivity index (χ0) is 12.7. The van der Waals surface area contributed by atoms with E-state index in [1.54, 1.807) is 0 Å². The molecule has 0 N–H and O–H groups in total. The molecule has 0 spiro atoms. The molecule has 1 fully saturated rings. The van der Waals surface area contributed by atoms with Crippen LogP contribution in [0.15, 0.2) is 22.7 Å². The maximum Gasteiger partial charge on any atom is 0.105 e. The van der Waals surface area contributed by atoms with Gasteiger partial charge in [0.2, 0.25) is 0 Å². The molecule has 0 bridgehead atoms. The molecule has 0 amide bonds. The molecule has 1 aromatic rings. The molecule has 0 unspecified atom stereocenters. The molecule has 4 heteroatoms. The van der Waals surface area contributed by atoms with E-state index in [-0.39, 0.29) is 12.7 Å². The van der Waals surface area contributed by atoms with Crippen molar-refractivity contribution in [3.8, 4) is 0 Å². The van der Waals surface area contributed by atoms with Crippen LogP contribution in [0.2, 0.25) is 0 Å². The molecule has 98 valence electrons. The highest BCUT2D eigenvalue weighted by molar-refractivity contribution is 9.10. The van der Waals surface area contributed by atoms with Crippen LogP contribution in [0, 0.1) is 0 Å². The minimum Gasteiger partial charge on any atom is -0.365 e. The third kappa shape index (κ3) is 2.05. The van der Waals surface area contributed by atoms with Crippen molar-refractivity contribution in [3.63, 3.8) is 0 Å². The Morgan fingerprint density at radius 1 is 1.44 bits per heavy atom. The average molecular weight is 313 g/mol. The van der Waals surface area contributed by atoms with Gasteiger partial charge in [-0.25, -0.2) is 4.39 Å². The number of fused-ring (bicyclic) bond motifs is 1. The molecule has 1 aromatic carbocycles. The number of hydrogen-bond acceptors (Lipinski definition) is 2. The molecule has 2 aliphatic heterocycles. The topological polar surface area (TPSA) is 6.48 Å². The maximum atomic E-state index is 12.6. The van der Waals surface area contributed by atoms with Gasteiger partial charge in [0.05, 0.1) is 6.04 Å². The Morgan fingerprint density at radius 2 is 2.22 bits per heavy atom. The van der Waals surface area contributed by atoms with E-state index >= 15 is 0 Å². The number of benzene rings is 1. The van der Waals surface area contributed by atoms with Gasteiger partial charge in [-0.1, -0.05) is 15.9 Å². The van der Waals surface area contributed by atoms with Gasteiger partial charge in [-0.05, 0) is 37.1 Å². The van der Waals surface area contributed by atoms with Gasteiger partial charge >= 0.3 is 0 Å². The van der Waals surface area contributed by atoms with Gasteiger partial charge < -0.3 is 4.90 Å². The lowest BCUT2D eigenvalue weighted by atomic mass is 10.0. The van der Waals surface area contributed by atoms with E-state index in [0.717, 1.165) is 30.5 Å². The molecule has 1 atom stereocenters. The number of anilines is 1. The van der Waals surface area contributed by atoms with Crippen molar-refractivity contribution >= 4 is 21.6 Å². The Bertz CT molecular complexity index is 445. The lowest BCUT2D eigenvalue weighted by molar-refractivity contribution is 0.0841. The van der Waals surface area contributed by atoms with Crippen LogP contribution < -0.4 is 4.90 Å². The van der Waals surface area contributed by atoms with Gasteiger partial charge in [0.1, 0.15) is 6.67 Å². The molecule has 0 radical (unpaired) electrons. The first-order chi connectivity index (χ1) is 8.69. The quantitative estimate of drug-likeness (QED) is 0.847. The van der Waals surface area contributed by atoms with Gasteiger partial charge in [0, 0.05) is 35.8 Å². The molecule has 2 heterocycles. The molecule has 0 aromatic heterocycles. The Morgan fingerprint density at radius 3 is 2.94 bits per heavy atom. The standard InChI is InChI=1S/C14H18BrFN2/c1-10(7-16)17-8-13(9-17)18-5-4-11-6-12(15)2-3-14(11)18/h2-3,6,10,13H,4-5,7-9H2,1H3/t10-/m0/s1. The van der Waals surface area contributed by atoms with Crippen LogP contribution in [0.1, 0.15) is 12.5 Å². The normalized spacial score (nSPS) is 21.8. The van der Waals surface area contributed by atoms with Crippen LogP contribution >= 0.6 is 15.9 Å². The fourth-order valence-electron chi connectivity index (χ4n) is 2.92. The summed E-state index contributed by atoms with van der Waals surface area (Å²) >= 11 is 3.52. The first kappa shape index (κ1) is 12.4. The molecule has 2 nitrogen and oxygen atoms in total. The molecule has 0 saturated carbocycles. The van der Waals surface area contributed by atoms with Crippen molar-refractivity contribution in [3.05, 3.63) is 28.2 Å². The third-order valence-corrected chi connectivity index (χ3v) is 4.64. The monoisotopic (exact) mass is 312 g/mol. The predicted molar refractivity (Wildman–Crippen MR) is 76.0 cm³/mol. The van der Waals surface area contributed by atoms with E-state index in [2.05, 4.69) is 43.9 Å². The smallest absolute Gasteiger partial charge is 0.105 e. The van der Waals surface area contributed by atoms with E-state index in [1.165, 1.54) is 11.3 Å². The van der Waals surface area contributed by atoms with Crippen LogP contribution in [0.25, 0.3) is 0 Å². The van der Waals surface area contributed by atoms with Gasteiger partial charge in [0.15, 0.2) is 0 Å². The number of rotatable bonds is 3. The molecular formula is C14H18BrFN2. The number of hydrogen-bond donors (Lipinski definition) is 0. The maximum absolute atomic E-state index is 12.6. The zero-order valence-corrected chi connectivity index (χ0v) is 12.2. The van der Waals surface area contributed by atoms with E-state index in [9.17, 15) is 4.39 Å². The van der Waals surface area contributed by atoms with E-state index in [4.69, 9.17) is 0 Å². The first-order valence-electron chi connectivity index (χ1n) is 6.54. The van der Waals surface area contributed by atoms with Gasteiger partial charge in [0.25, 0.3) is 0 Å². The van der Waals surface area contributed by atoms with E-state index in [0.29, 0.717) is 6.04 Å². The summed E-state index contributed by atoms with van der Waals surface area (Å²) in [5.74, 6) is 0. The predicted octanol–water partition coefficient (Wildman–Crippen LogP) is 2.85. The second kappa shape index (κ2) is 4.82. The summed E-state index contributed by atoms with van der Waals surface area (Å²) in [4.78, 5) is 4.71. The Balaban J connectivity index is 1.68. The summed E-state index contributed by atoms with van der Waals surface area (Å²) < 4.78 is 13.7. The third-order valence-electron chi connectivity index (χ3n) is 4.15. The van der Waals surface area contributed by atoms with Crippen molar-refractivity contribution in [2.24, 2.45) is 0 Å². The number of likely N-dealkylation sites (tertiary alicyclic amines) is 1. The minimum atomic E-state index is -0.240. The van der Waals surface area contributed by atoms with Crippen LogP contribution in [0.3, 0.4) is 0 Å². The number of nitrogens with zero attached hydrogens (tertiary/aromatic N) is 2. The number of alkyl halides is 1. The summed E-state index contributed by atoms with van der Waals surface area (Å²) in [5, 5.41) is 0. The lowest BCUT2D eigenvalue weighted by Gasteiger charge is -2.47. The summed E-state index contributed by atoms with van der Waals surface area (Å²) in [6.07, 6.45) is 1.13. The fraction of sp³-hybridized carbons (Fsp3) is 0.571. The summed E-state index contributed by atoms with van der Waals surface area (Å²) in [6.45, 7) is 4.83. The van der Waals surface area contributed by atoms with E-state index in [1.807, 2.05) is 6.92 Å². The highest BCUT2D eigenvalue weighted by atomic mass is 79.9. The minimum absolute atomic E-state index is 0.0771. The summed E-state index contributed by atoms with van der Waals surface area (Å²) in [7, 11) is 0. The van der Waals surface area contributed by atoms with Crippen molar-refractivity contribution < 1.29 is 4.39 Å². The molecule has 3 rings (SSSR count). The van der Waals surface area contributed by atoms with Gasteiger partial charge in [-0.2, -0.15) is 0 Å². The van der Waals surface area contributed by atoms with Gasteiger partial charge in [-0.15, -0.1) is 0 Å². The largest absolute Gasteiger partial charge is 0.365 e. The summed E-state index contributed by atoms with van der Waals surface area (Å²) in [5.41, 5.74) is 2.80. The van der Waals surface area contributed by atoms with Gasteiger partial charge in [-0.3, -0.25) is 4.90 Å². The van der Waals surface area contributed by atoms with Crippen molar-refractivity contribution in [2.75, 3.05) is 31.2 Å². The Kier molecular flexibility index (Phi) is 3.32. The zero-order valence-electron chi connectivity index (χ0n) is 10.6. The van der Waals surface area contributed by atoms with E-state index < -0.39 is 0 Å².